The Kier molecular flexibility index (Phi) is 3.87. The molecule has 0 aliphatic heterocycles. The van der Waals surface area contributed by atoms with Gasteiger partial charge in [0.05, 0.1) is 20.5 Å². The third-order valence-electron chi connectivity index (χ3n) is 1.70. The van der Waals surface area contributed by atoms with Gasteiger partial charge in [0, 0.05) is 12.1 Å². The van der Waals surface area contributed by atoms with Crippen molar-refractivity contribution in [3.63, 3.8) is 0 Å². The van der Waals surface area contributed by atoms with Crippen LogP contribution in [0.3, 0.4) is 0 Å². The van der Waals surface area contributed by atoms with Gasteiger partial charge in [0.15, 0.2) is 0 Å². The van der Waals surface area contributed by atoms with Gasteiger partial charge in [-0.25, -0.2) is 4.79 Å². The zero-order valence-electron chi connectivity index (χ0n) is 7.68. The van der Waals surface area contributed by atoms with E-state index in [0.717, 1.165) is 18.2 Å². The molecule has 0 radical (unpaired) electrons. The number of benzene rings is 1. The Labute approximate surface area is 100 Å². The molecule has 0 bridgehead atoms. The lowest BCUT2D eigenvalue weighted by atomic mass is 10.1. The van der Waals surface area contributed by atoms with Gasteiger partial charge in [0.25, 0.3) is 5.69 Å². The molecule has 5 nitrogen and oxygen atoms in total. The monoisotopic (exact) mass is 261 g/mol. The molecule has 0 aliphatic rings. The second kappa shape index (κ2) is 4.96. The molecule has 1 aromatic carbocycles. The van der Waals surface area contributed by atoms with Crippen LogP contribution < -0.4 is 0 Å². The highest BCUT2D eigenvalue weighted by Gasteiger charge is 2.17. The standard InChI is InChI=1S/C9H5Cl2NO4/c10-6-2-3-7(12(15)16)5(9(6)11)1-4-8(13)14/h1-4H,(H,13,14)/b4-1+. The van der Waals surface area contributed by atoms with Crippen molar-refractivity contribution in [2.45, 2.75) is 0 Å². The lowest BCUT2D eigenvalue weighted by molar-refractivity contribution is -0.385. The molecule has 0 aliphatic carbocycles. The van der Waals surface area contributed by atoms with Crippen LogP contribution >= 0.6 is 23.2 Å². The summed E-state index contributed by atoms with van der Waals surface area (Å²) in [6.45, 7) is 0. The molecule has 84 valence electrons. The molecule has 1 rings (SSSR count). The lowest BCUT2D eigenvalue weighted by Gasteiger charge is -2.01. The topological polar surface area (TPSA) is 80.4 Å². The van der Waals surface area contributed by atoms with Gasteiger partial charge in [-0.3, -0.25) is 10.1 Å². The van der Waals surface area contributed by atoms with E-state index in [0.29, 0.717) is 0 Å². The Morgan fingerprint density at radius 2 is 2.06 bits per heavy atom. The van der Waals surface area contributed by atoms with Gasteiger partial charge in [0.2, 0.25) is 0 Å². The number of halogens is 2. The van der Waals surface area contributed by atoms with E-state index in [1.54, 1.807) is 0 Å². The smallest absolute Gasteiger partial charge is 0.328 e. The van der Waals surface area contributed by atoms with Crippen molar-refractivity contribution < 1.29 is 14.8 Å². The van der Waals surface area contributed by atoms with E-state index < -0.39 is 10.9 Å². The highest BCUT2D eigenvalue weighted by molar-refractivity contribution is 6.43. The predicted octanol–water partition coefficient (Wildman–Crippen LogP) is 3.00. The fraction of sp³-hybridized carbons (Fsp3) is 0. The molecule has 0 aromatic heterocycles. The summed E-state index contributed by atoms with van der Waals surface area (Å²) in [5.41, 5.74) is -0.325. The summed E-state index contributed by atoms with van der Waals surface area (Å²) in [5, 5.41) is 19.2. The van der Waals surface area contributed by atoms with E-state index in [4.69, 9.17) is 28.3 Å². The van der Waals surface area contributed by atoms with E-state index in [1.165, 1.54) is 6.07 Å². The van der Waals surface area contributed by atoms with Gasteiger partial charge in [-0.05, 0) is 12.1 Å². The number of carboxylic acids is 1. The average Bonchev–Trinajstić information content (AvgIpc) is 2.19. The van der Waals surface area contributed by atoms with E-state index >= 15 is 0 Å². The second-order valence-electron chi connectivity index (χ2n) is 2.72. The number of carbonyl (C=O) groups is 1. The molecular formula is C9H5Cl2NO4. The molecule has 0 saturated heterocycles. The van der Waals surface area contributed by atoms with Crippen molar-refractivity contribution >= 4 is 40.9 Å². The summed E-state index contributed by atoms with van der Waals surface area (Å²) in [5.74, 6) is -1.23. The van der Waals surface area contributed by atoms with Crippen molar-refractivity contribution in [1.29, 1.82) is 0 Å². The van der Waals surface area contributed by atoms with E-state index in [9.17, 15) is 14.9 Å². The Morgan fingerprint density at radius 3 is 2.56 bits per heavy atom. The first-order valence-electron chi connectivity index (χ1n) is 3.97. The third-order valence-corrected chi connectivity index (χ3v) is 2.52. The lowest BCUT2D eigenvalue weighted by Crippen LogP contribution is -1.94. The summed E-state index contributed by atoms with van der Waals surface area (Å²) in [6, 6.07) is 2.44. The van der Waals surface area contributed by atoms with Crippen molar-refractivity contribution in [1.82, 2.24) is 0 Å². The molecule has 0 amide bonds. The predicted molar refractivity (Wildman–Crippen MR) is 59.8 cm³/mol. The van der Waals surface area contributed by atoms with Crippen LogP contribution in [0.5, 0.6) is 0 Å². The summed E-state index contributed by atoms with van der Waals surface area (Å²) >= 11 is 11.4. The largest absolute Gasteiger partial charge is 0.478 e. The molecule has 0 spiro atoms. The van der Waals surface area contributed by atoms with Gasteiger partial charge in [-0.15, -0.1) is 0 Å². The molecule has 7 heteroatoms. The highest BCUT2D eigenvalue weighted by Crippen LogP contribution is 2.33. The van der Waals surface area contributed by atoms with Gasteiger partial charge in [-0.2, -0.15) is 0 Å². The quantitative estimate of drug-likeness (QED) is 0.515. The molecule has 0 saturated carbocycles. The van der Waals surface area contributed by atoms with E-state index in [2.05, 4.69) is 0 Å². The zero-order chi connectivity index (χ0) is 12.3. The van der Waals surface area contributed by atoms with Crippen LogP contribution in [0.2, 0.25) is 10.0 Å². The first-order valence-corrected chi connectivity index (χ1v) is 4.72. The maximum Gasteiger partial charge on any atom is 0.328 e. The number of hydrogen-bond donors (Lipinski definition) is 1. The van der Waals surface area contributed by atoms with Crippen LogP contribution in [0, 0.1) is 10.1 Å². The van der Waals surface area contributed by atoms with E-state index in [-0.39, 0.29) is 21.3 Å². The van der Waals surface area contributed by atoms with Crippen LogP contribution in [0.15, 0.2) is 18.2 Å². The summed E-state index contributed by atoms with van der Waals surface area (Å²) in [4.78, 5) is 20.3. The van der Waals surface area contributed by atoms with Gasteiger partial charge >= 0.3 is 5.97 Å². The van der Waals surface area contributed by atoms with Crippen LogP contribution in [0.4, 0.5) is 5.69 Å². The fourth-order valence-electron chi connectivity index (χ4n) is 1.03. The highest BCUT2D eigenvalue weighted by atomic mass is 35.5. The van der Waals surface area contributed by atoms with Crippen LogP contribution in [0.25, 0.3) is 6.08 Å². The van der Waals surface area contributed by atoms with Crippen molar-refractivity contribution in [2.24, 2.45) is 0 Å². The number of rotatable bonds is 3. The fourth-order valence-corrected chi connectivity index (χ4v) is 1.42. The van der Waals surface area contributed by atoms with Gasteiger partial charge in [0.1, 0.15) is 0 Å². The number of hydrogen-bond acceptors (Lipinski definition) is 3. The molecule has 0 atom stereocenters. The number of nitrogens with zero attached hydrogens (tertiary/aromatic N) is 1. The molecule has 16 heavy (non-hydrogen) atoms. The number of nitro benzene ring substituents is 1. The third kappa shape index (κ3) is 2.71. The van der Waals surface area contributed by atoms with Gasteiger partial charge in [-0.1, -0.05) is 23.2 Å². The van der Waals surface area contributed by atoms with Crippen LogP contribution in [-0.2, 0) is 4.79 Å². The Balaban J connectivity index is 3.37. The number of carboxylic acid groups (broad SMARTS) is 1. The first-order chi connectivity index (χ1) is 7.43. The Morgan fingerprint density at radius 1 is 1.44 bits per heavy atom. The maximum absolute atomic E-state index is 10.7. The minimum atomic E-state index is -1.23. The minimum absolute atomic E-state index is 0.0263. The SMILES string of the molecule is O=C(O)/C=C/c1c([N+](=O)[O-])ccc(Cl)c1Cl. The Hall–Kier alpha value is -1.59. The zero-order valence-corrected chi connectivity index (χ0v) is 9.20. The Bertz CT molecular complexity index is 485. The molecular weight excluding hydrogens is 257 g/mol. The van der Waals surface area contributed by atoms with Gasteiger partial charge < -0.3 is 5.11 Å². The van der Waals surface area contributed by atoms with Crippen molar-refractivity contribution in [3.8, 4) is 0 Å². The summed E-state index contributed by atoms with van der Waals surface area (Å²) in [7, 11) is 0. The molecule has 1 aromatic rings. The second-order valence-corrected chi connectivity index (χ2v) is 3.51. The molecule has 1 N–H and O–H groups in total. The molecule has 0 fully saturated rings. The van der Waals surface area contributed by atoms with Crippen molar-refractivity contribution in [2.75, 3.05) is 0 Å². The van der Waals surface area contributed by atoms with Crippen LogP contribution in [-0.4, -0.2) is 16.0 Å². The normalized spacial score (nSPS) is 10.6. The molecule has 0 unspecified atom stereocenters. The minimum Gasteiger partial charge on any atom is -0.478 e. The van der Waals surface area contributed by atoms with Crippen LogP contribution in [0.1, 0.15) is 5.56 Å². The number of nitro groups is 1. The first kappa shape index (κ1) is 12.5. The average molecular weight is 262 g/mol. The maximum atomic E-state index is 10.7. The van der Waals surface area contributed by atoms with E-state index in [1.807, 2.05) is 0 Å². The summed E-state index contributed by atoms with van der Waals surface area (Å²) in [6.07, 6.45) is 1.79. The summed E-state index contributed by atoms with van der Waals surface area (Å²) < 4.78 is 0. The molecule has 0 heterocycles. The number of aliphatic carboxylic acids is 1. The van der Waals surface area contributed by atoms with Crippen molar-refractivity contribution in [3.05, 3.63) is 43.9 Å².